The molecule has 0 aliphatic carbocycles. The van der Waals surface area contributed by atoms with Gasteiger partial charge in [-0.1, -0.05) is 0 Å². The molecular formula is C17H25ClN2O4. The zero-order valence-corrected chi connectivity index (χ0v) is 15.2. The van der Waals surface area contributed by atoms with Crippen LogP contribution in [0.3, 0.4) is 0 Å². The van der Waals surface area contributed by atoms with Crippen molar-refractivity contribution in [2.24, 2.45) is 0 Å². The maximum Gasteiger partial charge on any atom is 0.242 e. The highest BCUT2D eigenvalue weighted by Gasteiger charge is 2.21. The van der Waals surface area contributed by atoms with Crippen LogP contribution >= 0.6 is 11.6 Å². The number of carbonyl (C=O) groups is 1. The lowest BCUT2D eigenvalue weighted by atomic mass is 10.2. The second-order valence-electron chi connectivity index (χ2n) is 5.39. The lowest BCUT2D eigenvalue weighted by molar-refractivity contribution is -0.115. The average Bonchev–Trinajstić information content (AvgIpc) is 2.58. The van der Waals surface area contributed by atoms with Crippen LogP contribution in [0.1, 0.15) is 20.8 Å². The van der Waals surface area contributed by atoms with E-state index in [4.69, 9.17) is 25.8 Å². The molecule has 0 aromatic heterocycles. The Hall–Kier alpha value is -1.66. The molecule has 6 nitrogen and oxygen atoms in total. The smallest absolute Gasteiger partial charge is 0.242 e. The van der Waals surface area contributed by atoms with Crippen LogP contribution in [0, 0.1) is 0 Å². The number of halogens is 1. The molecule has 0 spiro atoms. The van der Waals surface area contributed by atoms with E-state index < -0.39 is 5.38 Å². The van der Waals surface area contributed by atoms with E-state index >= 15 is 0 Å². The van der Waals surface area contributed by atoms with Crippen molar-refractivity contribution in [3.05, 3.63) is 12.1 Å². The summed E-state index contributed by atoms with van der Waals surface area (Å²) in [5, 5.41) is 2.17. The summed E-state index contributed by atoms with van der Waals surface area (Å²) in [4.78, 5) is 14.2. The summed E-state index contributed by atoms with van der Waals surface area (Å²) in [5.74, 6) is 1.03. The second kappa shape index (κ2) is 8.99. The largest absolute Gasteiger partial charge is 0.492 e. The minimum atomic E-state index is -0.631. The number of benzene rings is 1. The lowest BCUT2D eigenvalue weighted by Crippen LogP contribution is -2.36. The molecule has 0 radical (unpaired) electrons. The first kappa shape index (κ1) is 18.7. The van der Waals surface area contributed by atoms with Gasteiger partial charge in [-0.15, -0.1) is 11.6 Å². The van der Waals surface area contributed by atoms with Crippen LogP contribution in [-0.4, -0.2) is 50.8 Å². The predicted octanol–water partition coefficient (Wildman–Crippen LogP) is 2.89. The number of nitrogens with zero attached hydrogens (tertiary/aromatic N) is 1. The Morgan fingerprint density at radius 1 is 1.25 bits per heavy atom. The van der Waals surface area contributed by atoms with E-state index in [1.54, 1.807) is 13.0 Å². The summed E-state index contributed by atoms with van der Waals surface area (Å²) in [7, 11) is 0. The van der Waals surface area contributed by atoms with E-state index in [9.17, 15) is 4.79 Å². The number of hydrogen-bond acceptors (Lipinski definition) is 5. The standard InChI is InChI=1S/C17H25ClN2O4/c1-4-23-15-11-14(20-6-8-22-9-7-20)16(24-5-2)10-13(15)19-17(21)12(3)18/h10-12H,4-9H2,1-3H3,(H,19,21)/t12-/m0/s1. The van der Waals surface area contributed by atoms with E-state index in [1.165, 1.54) is 0 Å². The molecule has 2 rings (SSSR count). The minimum absolute atomic E-state index is 0.279. The molecule has 1 N–H and O–H groups in total. The molecule has 0 saturated carbocycles. The lowest BCUT2D eigenvalue weighted by Gasteiger charge is -2.31. The molecule has 1 saturated heterocycles. The molecule has 134 valence electrons. The van der Waals surface area contributed by atoms with Gasteiger partial charge in [0.25, 0.3) is 0 Å². The highest BCUT2D eigenvalue weighted by atomic mass is 35.5. The van der Waals surface area contributed by atoms with E-state index in [2.05, 4.69) is 10.2 Å². The number of amides is 1. The monoisotopic (exact) mass is 356 g/mol. The molecule has 1 amide bonds. The van der Waals surface area contributed by atoms with Gasteiger partial charge in [0.05, 0.1) is 37.8 Å². The van der Waals surface area contributed by atoms with Gasteiger partial charge in [0.1, 0.15) is 16.9 Å². The van der Waals surface area contributed by atoms with Gasteiger partial charge in [-0.3, -0.25) is 4.79 Å². The van der Waals surface area contributed by atoms with Crippen LogP contribution in [0.2, 0.25) is 0 Å². The van der Waals surface area contributed by atoms with Crippen molar-refractivity contribution in [2.45, 2.75) is 26.1 Å². The maximum atomic E-state index is 12.0. The SMILES string of the molecule is CCOc1cc(N2CCOCC2)c(OCC)cc1NC(=O)[C@H](C)Cl. The summed E-state index contributed by atoms with van der Waals surface area (Å²) in [5.41, 5.74) is 1.51. The topological polar surface area (TPSA) is 60.0 Å². The van der Waals surface area contributed by atoms with Gasteiger partial charge in [-0.2, -0.15) is 0 Å². The number of carbonyl (C=O) groups excluding carboxylic acids is 1. The summed E-state index contributed by atoms with van der Waals surface area (Å²) in [6.45, 7) is 9.42. The zero-order chi connectivity index (χ0) is 17.5. The summed E-state index contributed by atoms with van der Waals surface area (Å²) < 4.78 is 16.9. The van der Waals surface area contributed by atoms with Crippen LogP contribution in [0.5, 0.6) is 11.5 Å². The highest BCUT2D eigenvalue weighted by molar-refractivity contribution is 6.32. The summed E-state index contributed by atoms with van der Waals surface area (Å²) >= 11 is 5.86. The van der Waals surface area contributed by atoms with Crippen molar-refractivity contribution in [1.29, 1.82) is 0 Å². The minimum Gasteiger partial charge on any atom is -0.492 e. The fourth-order valence-electron chi connectivity index (χ4n) is 2.48. The van der Waals surface area contributed by atoms with Crippen molar-refractivity contribution < 1.29 is 19.0 Å². The van der Waals surface area contributed by atoms with E-state index in [0.29, 0.717) is 43.6 Å². The first-order chi connectivity index (χ1) is 11.6. The third-order valence-corrected chi connectivity index (χ3v) is 3.83. The maximum absolute atomic E-state index is 12.0. The molecule has 24 heavy (non-hydrogen) atoms. The molecular weight excluding hydrogens is 332 g/mol. The van der Waals surface area contributed by atoms with Crippen LogP contribution in [-0.2, 0) is 9.53 Å². The molecule has 1 aliphatic heterocycles. The van der Waals surface area contributed by atoms with Crippen molar-refractivity contribution in [1.82, 2.24) is 0 Å². The Morgan fingerprint density at radius 3 is 2.46 bits per heavy atom. The number of morpholine rings is 1. The normalized spacial score (nSPS) is 15.8. The molecule has 1 aliphatic rings. The number of hydrogen-bond donors (Lipinski definition) is 1. The van der Waals surface area contributed by atoms with Crippen LogP contribution in [0.15, 0.2) is 12.1 Å². The van der Waals surface area contributed by atoms with Crippen molar-refractivity contribution in [3.63, 3.8) is 0 Å². The Bertz CT molecular complexity index is 560. The first-order valence-electron chi connectivity index (χ1n) is 8.28. The van der Waals surface area contributed by atoms with Gasteiger partial charge in [0.2, 0.25) is 5.91 Å². The van der Waals surface area contributed by atoms with E-state index in [0.717, 1.165) is 18.8 Å². The quantitative estimate of drug-likeness (QED) is 0.761. The Labute approximate surface area is 148 Å². The zero-order valence-electron chi connectivity index (χ0n) is 14.4. The molecule has 1 aromatic carbocycles. The van der Waals surface area contributed by atoms with Crippen molar-refractivity contribution >= 4 is 28.9 Å². The third kappa shape index (κ3) is 4.68. The Kier molecular flexibility index (Phi) is 6.99. The van der Waals surface area contributed by atoms with E-state index in [-0.39, 0.29) is 5.91 Å². The highest BCUT2D eigenvalue weighted by Crippen LogP contribution is 2.39. The van der Waals surface area contributed by atoms with E-state index in [1.807, 2.05) is 19.9 Å². The van der Waals surface area contributed by atoms with Gasteiger partial charge in [-0.05, 0) is 20.8 Å². The number of ether oxygens (including phenoxy) is 3. The number of nitrogens with one attached hydrogen (secondary N) is 1. The predicted molar refractivity (Wildman–Crippen MR) is 95.8 cm³/mol. The number of alkyl halides is 1. The fraction of sp³-hybridized carbons (Fsp3) is 0.588. The van der Waals surface area contributed by atoms with Gasteiger partial charge < -0.3 is 24.4 Å². The fourth-order valence-corrected chi connectivity index (χ4v) is 2.53. The van der Waals surface area contributed by atoms with Gasteiger partial charge in [0, 0.05) is 25.2 Å². The van der Waals surface area contributed by atoms with Crippen LogP contribution in [0.25, 0.3) is 0 Å². The van der Waals surface area contributed by atoms with Gasteiger partial charge in [0.15, 0.2) is 0 Å². The molecule has 1 heterocycles. The van der Waals surface area contributed by atoms with Gasteiger partial charge in [-0.25, -0.2) is 0 Å². The molecule has 1 fully saturated rings. The van der Waals surface area contributed by atoms with Crippen molar-refractivity contribution in [3.8, 4) is 11.5 Å². The molecule has 0 bridgehead atoms. The molecule has 7 heteroatoms. The first-order valence-corrected chi connectivity index (χ1v) is 8.71. The number of rotatable bonds is 7. The number of anilines is 2. The van der Waals surface area contributed by atoms with Crippen LogP contribution < -0.4 is 19.7 Å². The Balaban J connectivity index is 2.39. The van der Waals surface area contributed by atoms with Crippen LogP contribution in [0.4, 0.5) is 11.4 Å². The average molecular weight is 357 g/mol. The molecule has 1 aromatic rings. The Morgan fingerprint density at radius 2 is 1.88 bits per heavy atom. The third-order valence-electron chi connectivity index (χ3n) is 3.63. The van der Waals surface area contributed by atoms with Crippen molar-refractivity contribution in [2.75, 3.05) is 49.7 Å². The molecule has 1 atom stereocenters. The second-order valence-corrected chi connectivity index (χ2v) is 6.04. The summed E-state index contributed by atoms with van der Waals surface area (Å²) in [6.07, 6.45) is 0. The molecule has 0 unspecified atom stereocenters. The van der Waals surface area contributed by atoms with Gasteiger partial charge >= 0.3 is 0 Å². The summed E-state index contributed by atoms with van der Waals surface area (Å²) in [6, 6.07) is 3.71.